The molecule has 1 aromatic rings. The minimum Gasteiger partial charge on any atom is -0.261 e. The monoisotopic (exact) mass is 201 g/mol. The third kappa shape index (κ3) is 1.83. The van der Waals surface area contributed by atoms with Crippen molar-refractivity contribution in [1.82, 2.24) is 0 Å². The summed E-state index contributed by atoms with van der Waals surface area (Å²) in [5.74, 6) is 0. The number of hydrogen-bond acceptors (Lipinski definition) is 1. The first-order valence-corrected chi connectivity index (χ1v) is 5.71. The van der Waals surface area contributed by atoms with E-state index >= 15 is 0 Å². The van der Waals surface area contributed by atoms with Crippen LogP contribution >= 0.6 is 0 Å². The summed E-state index contributed by atoms with van der Waals surface area (Å²) in [5, 5.41) is 0. The highest BCUT2D eigenvalue weighted by Crippen LogP contribution is 2.34. The molecule has 0 fully saturated rings. The van der Waals surface area contributed by atoms with Crippen LogP contribution in [0, 0.1) is 0 Å². The zero-order valence-electron chi connectivity index (χ0n) is 10.1. The fourth-order valence-corrected chi connectivity index (χ4v) is 2.20. The first kappa shape index (κ1) is 10.4. The van der Waals surface area contributed by atoms with E-state index in [-0.39, 0.29) is 5.41 Å². The molecule has 1 aliphatic rings. The summed E-state index contributed by atoms with van der Waals surface area (Å²) in [6.45, 7) is 9.04. The van der Waals surface area contributed by atoms with Crippen LogP contribution in [0.3, 0.4) is 0 Å². The smallest absolute Gasteiger partial charge is 0.0664 e. The molecule has 2 rings (SSSR count). The maximum atomic E-state index is 4.42. The predicted octanol–water partition coefficient (Wildman–Crippen LogP) is 3.80. The van der Waals surface area contributed by atoms with Crippen LogP contribution in [0.25, 0.3) is 0 Å². The van der Waals surface area contributed by atoms with Gasteiger partial charge in [-0.1, -0.05) is 33.8 Å². The molecule has 1 heterocycles. The number of nitrogens with zero attached hydrogens (tertiary/aromatic N) is 1. The second-order valence-electron chi connectivity index (χ2n) is 5.26. The first-order chi connectivity index (χ1) is 7.02. The highest BCUT2D eigenvalue weighted by Gasteiger charge is 2.20. The minimum atomic E-state index is 0.221. The molecule has 0 aliphatic carbocycles. The SMILES string of the molecule is CCc1cc2c(cc1C(C)(C)C)N=CC2. The van der Waals surface area contributed by atoms with Gasteiger partial charge in [-0.2, -0.15) is 0 Å². The number of fused-ring (bicyclic) bond motifs is 1. The summed E-state index contributed by atoms with van der Waals surface area (Å²) < 4.78 is 0. The van der Waals surface area contributed by atoms with E-state index in [1.165, 1.54) is 22.4 Å². The lowest BCUT2D eigenvalue weighted by Gasteiger charge is -2.23. The van der Waals surface area contributed by atoms with Crippen molar-refractivity contribution in [3.63, 3.8) is 0 Å². The zero-order valence-corrected chi connectivity index (χ0v) is 10.1. The van der Waals surface area contributed by atoms with Gasteiger partial charge in [-0.25, -0.2) is 0 Å². The zero-order chi connectivity index (χ0) is 11.1. The molecule has 1 aliphatic heterocycles. The van der Waals surface area contributed by atoms with Crippen LogP contribution in [0.4, 0.5) is 5.69 Å². The maximum absolute atomic E-state index is 4.42. The van der Waals surface area contributed by atoms with Crippen molar-refractivity contribution < 1.29 is 0 Å². The summed E-state index contributed by atoms with van der Waals surface area (Å²) in [4.78, 5) is 4.42. The Balaban J connectivity index is 2.58. The Bertz CT molecular complexity index is 408. The molecule has 0 saturated heterocycles. The fraction of sp³-hybridized carbons (Fsp3) is 0.500. The molecule has 1 aromatic carbocycles. The molecule has 0 spiro atoms. The van der Waals surface area contributed by atoms with Gasteiger partial charge in [-0.3, -0.25) is 4.99 Å². The molecule has 0 aromatic heterocycles. The number of hydrogen-bond donors (Lipinski definition) is 0. The molecular formula is C14H19N. The lowest BCUT2D eigenvalue weighted by Crippen LogP contribution is -2.14. The average Bonchev–Trinajstić information content (AvgIpc) is 2.60. The molecule has 1 heteroatoms. The van der Waals surface area contributed by atoms with Gasteiger partial charge in [0.2, 0.25) is 0 Å². The van der Waals surface area contributed by atoms with Crippen molar-refractivity contribution in [1.29, 1.82) is 0 Å². The summed E-state index contributed by atoms with van der Waals surface area (Å²) in [5.41, 5.74) is 5.71. The Morgan fingerprint density at radius 1 is 1.27 bits per heavy atom. The van der Waals surface area contributed by atoms with Gasteiger partial charge in [0.1, 0.15) is 0 Å². The number of aryl methyl sites for hydroxylation is 1. The topological polar surface area (TPSA) is 12.4 Å². The second-order valence-corrected chi connectivity index (χ2v) is 5.26. The van der Waals surface area contributed by atoms with Gasteiger partial charge in [0.25, 0.3) is 0 Å². The minimum absolute atomic E-state index is 0.221. The maximum Gasteiger partial charge on any atom is 0.0664 e. The Hall–Kier alpha value is -1.11. The normalized spacial score (nSPS) is 14.4. The molecule has 15 heavy (non-hydrogen) atoms. The summed E-state index contributed by atoms with van der Waals surface area (Å²) in [6, 6.07) is 4.61. The van der Waals surface area contributed by atoms with E-state index in [1.54, 1.807) is 0 Å². The van der Waals surface area contributed by atoms with Gasteiger partial charge in [0.15, 0.2) is 0 Å². The third-order valence-corrected chi connectivity index (χ3v) is 3.03. The first-order valence-electron chi connectivity index (χ1n) is 5.71. The molecule has 0 unspecified atom stereocenters. The number of benzene rings is 1. The molecule has 0 N–H and O–H groups in total. The summed E-state index contributed by atoms with van der Waals surface area (Å²) in [7, 11) is 0. The Kier molecular flexibility index (Phi) is 2.41. The lowest BCUT2D eigenvalue weighted by atomic mass is 9.82. The van der Waals surface area contributed by atoms with E-state index in [1.807, 2.05) is 6.21 Å². The standard InChI is InChI=1S/C14H19N/c1-5-10-8-11-6-7-15-13(11)9-12(10)14(2,3)4/h7-9H,5-6H2,1-4H3. The van der Waals surface area contributed by atoms with Gasteiger partial charge in [-0.05, 0) is 34.6 Å². The molecule has 80 valence electrons. The summed E-state index contributed by atoms with van der Waals surface area (Å²) in [6.07, 6.45) is 4.13. The van der Waals surface area contributed by atoms with Crippen LogP contribution in [-0.2, 0) is 18.3 Å². The average molecular weight is 201 g/mol. The Labute approximate surface area is 92.2 Å². The summed E-state index contributed by atoms with van der Waals surface area (Å²) >= 11 is 0. The van der Waals surface area contributed by atoms with Gasteiger partial charge in [-0.15, -0.1) is 0 Å². The van der Waals surface area contributed by atoms with Crippen molar-refractivity contribution in [2.75, 3.05) is 0 Å². The number of rotatable bonds is 1. The van der Waals surface area contributed by atoms with E-state index in [9.17, 15) is 0 Å². The van der Waals surface area contributed by atoms with Crippen LogP contribution in [0.2, 0.25) is 0 Å². The van der Waals surface area contributed by atoms with Gasteiger partial charge in [0, 0.05) is 12.6 Å². The van der Waals surface area contributed by atoms with Crippen molar-refractivity contribution in [3.05, 3.63) is 28.8 Å². The van der Waals surface area contributed by atoms with Crippen LogP contribution < -0.4 is 0 Å². The van der Waals surface area contributed by atoms with E-state index < -0.39 is 0 Å². The van der Waals surface area contributed by atoms with Gasteiger partial charge in [0.05, 0.1) is 5.69 Å². The fourth-order valence-electron chi connectivity index (χ4n) is 2.20. The quantitative estimate of drug-likeness (QED) is 0.655. The van der Waals surface area contributed by atoms with E-state index in [2.05, 4.69) is 44.8 Å². The van der Waals surface area contributed by atoms with Crippen molar-refractivity contribution in [2.24, 2.45) is 4.99 Å². The molecule has 0 radical (unpaired) electrons. The van der Waals surface area contributed by atoms with Crippen LogP contribution in [0.1, 0.15) is 44.4 Å². The van der Waals surface area contributed by atoms with E-state index in [0.717, 1.165) is 12.8 Å². The lowest BCUT2D eigenvalue weighted by molar-refractivity contribution is 0.583. The van der Waals surface area contributed by atoms with Crippen LogP contribution in [-0.4, -0.2) is 6.21 Å². The van der Waals surface area contributed by atoms with Crippen LogP contribution in [0.5, 0.6) is 0 Å². The molecule has 0 atom stereocenters. The molecule has 0 saturated carbocycles. The van der Waals surface area contributed by atoms with Crippen molar-refractivity contribution in [3.8, 4) is 0 Å². The van der Waals surface area contributed by atoms with Crippen LogP contribution in [0.15, 0.2) is 17.1 Å². The van der Waals surface area contributed by atoms with Crippen molar-refractivity contribution >= 4 is 11.9 Å². The Morgan fingerprint density at radius 3 is 2.60 bits per heavy atom. The second kappa shape index (κ2) is 3.48. The molecule has 1 nitrogen and oxygen atoms in total. The van der Waals surface area contributed by atoms with Crippen molar-refractivity contribution in [2.45, 2.75) is 46.0 Å². The molecular weight excluding hydrogens is 182 g/mol. The largest absolute Gasteiger partial charge is 0.261 e. The molecule has 0 amide bonds. The van der Waals surface area contributed by atoms with Gasteiger partial charge >= 0.3 is 0 Å². The highest BCUT2D eigenvalue weighted by atomic mass is 14.7. The number of aliphatic imine (C=N–C) groups is 1. The van der Waals surface area contributed by atoms with E-state index in [0.29, 0.717) is 0 Å². The Morgan fingerprint density at radius 2 is 2.00 bits per heavy atom. The van der Waals surface area contributed by atoms with E-state index in [4.69, 9.17) is 0 Å². The highest BCUT2D eigenvalue weighted by molar-refractivity contribution is 5.76. The third-order valence-electron chi connectivity index (χ3n) is 3.03. The van der Waals surface area contributed by atoms with Gasteiger partial charge < -0.3 is 0 Å². The molecule has 0 bridgehead atoms. The predicted molar refractivity (Wildman–Crippen MR) is 66.4 cm³/mol.